The Bertz CT molecular complexity index is 1230. The monoisotopic (exact) mass is 471 g/mol. The lowest BCUT2D eigenvalue weighted by atomic mass is 10.1. The van der Waals surface area contributed by atoms with E-state index in [9.17, 15) is 14.4 Å². The zero-order valence-electron chi connectivity index (χ0n) is 18.2. The summed E-state index contributed by atoms with van der Waals surface area (Å²) in [6.45, 7) is 5.16. The molecule has 33 heavy (non-hydrogen) atoms. The molecule has 0 bridgehead atoms. The van der Waals surface area contributed by atoms with Crippen molar-refractivity contribution in [2.75, 3.05) is 18.7 Å². The van der Waals surface area contributed by atoms with Crippen LogP contribution in [0.25, 0.3) is 0 Å². The molecule has 172 valence electrons. The molecule has 0 saturated carbocycles. The minimum absolute atomic E-state index is 0.0320. The van der Waals surface area contributed by atoms with Gasteiger partial charge in [-0.3, -0.25) is 9.59 Å². The minimum atomic E-state index is -0.605. The van der Waals surface area contributed by atoms with Crippen molar-refractivity contribution in [2.24, 2.45) is 0 Å². The van der Waals surface area contributed by atoms with Crippen LogP contribution in [0.2, 0.25) is 0 Å². The number of esters is 1. The molecule has 0 radical (unpaired) electrons. The summed E-state index contributed by atoms with van der Waals surface area (Å²) < 4.78 is 27.0. The number of ketones is 1. The average molecular weight is 471 g/mol. The van der Waals surface area contributed by atoms with Gasteiger partial charge in [0.1, 0.15) is 23.1 Å². The van der Waals surface area contributed by atoms with Gasteiger partial charge in [0.05, 0.1) is 17.0 Å². The molecule has 2 aromatic heterocycles. The van der Waals surface area contributed by atoms with Crippen molar-refractivity contribution in [1.29, 1.82) is 0 Å². The van der Waals surface area contributed by atoms with Crippen LogP contribution in [0.1, 0.15) is 55.8 Å². The lowest BCUT2D eigenvalue weighted by Crippen LogP contribution is -2.14. The fourth-order valence-electron chi connectivity index (χ4n) is 3.25. The van der Waals surface area contributed by atoms with Crippen LogP contribution in [0, 0.1) is 6.92 Å². The topological polar surface area (TPSA) is 113 Å². The Labute approximate surface area is 193 Å². The first-order chi connectivity index (χ1) is 15.9. The molecule has 9 nitrogen and oxygen atoms in total. The number of fused-ring (bicyclic) bond motifs is 1. The van der Waals surface area contributed by atoms with Crippen LogP contribution < -0.4 is 19.5 Å². The number of hydrogen-bond acceptors (Lipinski definition) is 9. The van der Waals surface area contributed by atoms with E-state index in [0.717, 1.165) is 11.3 Å². The van der Waals surface area contributed by atoms with Crippen molar-refractivity contribution in [3.8, 4) is 17.2 Å². The molecular weight excluding hydrogens is 450 g/mol. The quantitative estimate of drug-likeness (QED) is 0.375. The number of carbonyl (C=O) groups is 3. The molecule has 1 amide bonds. The number of nitrogens with one attached hydrogen (secondary N) is 1. The van der Waals surface area contributed by atoms with Gasteiger partial charge >= 0.3 is 5.97 Å². The van der Waals surface area contributed by atoms with Crippen LogP contribution in [-0.2, 0) is 11.3 Å². The third-order valence-corrected chi connectivity index (χ3v) is 6.09. The molecule has 0 saturated heterocycles. The van der Waals surface area contributed by atoms with E-state index in [4.69, 9.17) is 23.4 Å². The number of ether oxygens (including phenoxy) is 4. The second-order valence-electron chi connectivity index (χ2n) is 7.06. The Balaban J connectivity index is 1.46. The van der Waals surface area contributed by atoms with Gasteiger partial charge < -0.3 is 28.7 Å². The molecule has 10 heteroatoms. The van der Waals surface area contributed by atoms with Gasteiger partial charge in [-0.25, -0.2) is 4.79 Å². The SMILES string of the molecule is CCOC(=O)c1c(NC(=O)c2ccc(COc3ccc4c(c3)OCO4)o2)sc(C(C)=O)c1C. The van der Waals surface area contributed by atoms with E-state index in [1.807, 2.05) is 0 Å². The van der Waals surface area contributed by atoms with Gasteiger partial charge in [-0.05, 0) is 50.6 Å². The molecule has 0 spiro atoms. The van der Waals surface area contributed by atoms with Gasteiger partial charge in [-0.2, -0.15) is 0 Å². The van der Waals surface area contributed by atoms with E-state index < -0.39 is 11.9 Å². The number of amides is 1. The Hall–Kier alpha value is -3.79. The number of hydrogen-bond donors (Lipinski definition) is 1. The first-order valence-electron chi connectivity index (χ1n) is 10.1. The summed E-state index contributed by atoms with van der Waals surface area (Å²) in [4.78, 5) is 37.4. The number of thiophene rings is 1. The highest BCUT2D eigenvalue weighted by molar-refractivity contribution is 7.18. The van der Waals surface area contributed by atoms with Crippen LogP contribution in [-0.4, -0.2) is 31.1 Å². The lowest BCUT2D eigenvalue weighted by molar-refractivity contribution is 0.0527. The van der Waals surface area contributed by atoms with E-state index in [0.29, 0.717) is 33.4 Å². The molecule has 1 N–H and O–H groups in total. The zero-order chi connectivity index (χ0) is 23.5. The molecular formula is C23H21NO8S. The Kier molecular flexibility index (Phi) is 6.36. The molecule has 1 aromatic carbocycles. The number of benzene rings is 1. The van der Waals surface area contributed by atoms with Crippen LogP contribution in [0.5, 0.6) is 17.2 Å². The number of anilines is 1. The predicted octanol–water partition coefficient (Wildman–Crippen LogP) is 4.59. The van der Waals surface area contributed by atoms with E-state index in [1.54, 1.807) is 38.1 Å². The van der Waals surface area contributed by atoms with Crippen LogP contribution in [0.4, 0.5) is 5.00 Å². The van der Waals surface area contributed by atoms with Crippen LogP contribution >= 0.6 is 11.3 Å². The number of rotatable bonds is 8. The van der Waals surface area contributed by atoms with Crippen LogP contribution in [0.15, 0.2) is 34.7 Å². The molecule has 0 unspecified atom stereocenters. The largest absolute Gasteiger partial charge is 0.486 e. The maximum atomic E-state index is 12.7. The zero-order valence-corrected chi connectivity index (χ0v) is 19.0. The van der Waals surface area contributed by atoms with Gasteiger partial charge in [-0.1, -0.05) is 0 Å². The molecule has 3 heterocycles. The Morgan fingerprint density at radius 1 is 1.12 bits per heavy atom. The predicted molar refractivity (Wildman–Crippen MR) is 119 cm³/mol. The molecule has 0 atom stereocenters. The lowest BCUT2D eigenvalue weighted by Gasteiger charge is -2.06. The third kappa shape index (κ3) is 4.70. The molecule has 0 aliphatic carbocycles. The summed E-state index contributed by atoms with van der Waals surface area (Å²) in [7, 11) is 0. The first kappa shape index (κ1) is 22.4. The van der Waals surface area contributed by atoms with Gasteiger partial charge in [0.15, 0.2) is 23.0 Å². The smallest absolute Gasteiger partial charge is 0.341 e. The summed E-state index contributed by atoms with van der Waals surface area (Å²) in [6.07, 6.45) is 0. The number of Topliss-reactive ketones (excluding diaryl/α,β-unsaturated/α-hetero) is 1. The maximum absolute atomic E-state index is 12.7. The van der Waals surface area contributed by atoms with E-state index in [-0.39, 0.29) is 42.1 Å². The fraction of sp³-hybridized carbons (Fsp3) is 0.261. The van der Waals surface area contributed by atoms with Crippen molar-refractivity contribution in [2.45, 2.75) is 27.4 Å². The fourth-order valence-corrected chi connectivity index (χ4v) is 4.34. The highest BCUT2D eigenvalue weighted by atomic mass is 32.1. The van der Waals surface area contributed by atoms with Gasteiger partial charge in [0.2, 0.25) is 6.79 Å². The molecule has 3 aromatic rings. The molecule has 0 fully saturated rings. The second kappa shape index (κ2) is 9.37. The van der Waals surface area contributed by atoms with Gasteiger partial charge in [-0.15, -0.1) is 11.3 Å². The van der Waals surface area contributed by atoms with Crippen molar-refractivity contribution in [3.63, 3.8) is 0 Å². The minimum Gasteiger partial charge on any atom is -0.486 e. The van der Waals surface area contributed by atoms with E-state index in [1.165, 1.54) is 13.0 Å². The summed E-state index contributed by atoms with van der Waals surface area (Å²) in [5, 5.41) is 2.89. The highest BCUT2D eigenvalue weighted by Crippen LogP contribution is 2.36. The van der Waals surface area contributed by atoms with Crippen molar-refractivity contribution in [3.05, 3.63) is 57.9 Å². The normalized spacial score (nSPS) is 11.8. The maximum Gasteiger partial charge on any atom is 0.341 e. The van der Waals surface area contributed by atoms with E-state index in [2.05, 4.69) is 5.32 Å². The highest BCUT2D eigenvalue weighted by Gasteiger charge is 2.26. The van der Waals surface area contributed by atoms with Crippen molar-refractivity contribution < 1.29 is 37.7 Å². The Morgan fingerprint density at radius 3 is 2.67 bits per heavy atom. The Morgan fingerprint density at radius 2 is 1.91 bits per heavy atom. The summed E-state index contributed by atoms with van der Waals surface area (Å²) in [6, 6.07) is 8.32. The standard InChI is InChI=1S/C23H21NO8S/c1-4-28-23(27)19-12(2)20(13(3)25)33-22(19)24-21(26)17-8-6-15(32-17)10-29-14-5-7-16-18(9-14)31-11-30-16/h5-9H,4,10-11H2,1-3H3,(H,24,26). The molecule has 4 rings (SSSR count). The summed E-state index contributed by atoms with van der Waals surface area (Å²) >= 11 is 1.02. The number of furan rings is 1. The van der Waals surface area contributed by atoms with Gasteiger partial charge in [0.25, 0.3) is 5.91 Å². The number of carbonyl (C=O) groups excluding carboxylic acids is 3. The first-order valence-corrected chi connectivity index (χ1v) is 10.9. The van der Waals surface area contributed by atoms with Crippen LogP contribution in [0.3, 0.4) is 0 Å². The van der Waals surface area contributed by atoms with Crippen molar-refractivity contribution >= 4 is 34.0 Å². The summed E-state index contributed by atoms with van der Waals surface area (Å²) in [5.74, 6) is 0.896. The average Bonchev–Trinajstić information content (AvgIpc) is 3.50. The third-order valence-electron chi connectivity index (χ3n) is 4.78. The van der Waals surface area contributed by atoms with Crippen molar-refractivity contribution in [1.82, 2.24) is 0 Å². The van der Waals surface area contributed by atoms with E-state index >= 15 is 0 Å². The second-order valence-corrected chi connectivity index (χ2v) is 8.08. The summed E-state index contributed by atoms with van der Waals surface area (Å²) in [5.41, 5.74) is 0.636. The molecule has 1 aliphatic rings. The van der Waals surface area contributed by atoms with Gasteiger partial charge in [0, 0.05) is 6.07 Å². The molecule has 1 aliphatic heterocycles.